The summed E-state index contributed by atoms with van der Waals surface area (Å²) in [5, 5.41) is 0. The average molecular weight is 183 g/mol. The molecular formula is C10H17NO2. The maximum atomic E-state index is 11.3. The van der Waals surface area contributed by atoms with Gasteiger partial charge < -0.3 is 10.5 Å². The first-order chi connectivity index (χ1) is 6.22. The lowest BCUT2D eigenvalue weighted by Crippen LogP contribution is -2.37. The number of hydrogen-bond acceptors (Lipinski definition) is 3. The first-order valence-electron chi connectivity index (χ1n) is 5.14. The zero-order valence-electron chi connectivity index (χ0n) is 8.03. The number of ether oxygens (including phenoxy) is 1. The standard InChI is InChI=1S/C10H17NO2/c1-2-13-10(12)9-5-8(9)6-3-7(11)4-6/h6-9H,2-5,11H2,1H3/t6?,7?,8?,9-/m1/s1. The Morgan fingerprint density at radius 3 is 2.69 bits per heavy atom. The molecule has 3 nitrogen and oxygen atoms in total. The van der Waals surface area contributed by atoms with Crippen LogP contribution in [0.1, 0.15) is 26.2 Å². The fourth-order valence-electron chi connectivity index (χ4n) is 2.31. The van der Waals surface area contributed by atoms with Crippen LogP contribution in [0.4, 0.5) is 0 Å². The minimum absolute atomic E-state index is 0.00738. The van der Waals surface area contributed by atoms with Crippen LogP contribution in [0.3, 0.4) is 0 Å². The van der Waals surface area contributed by atoms with E-state index in [2.05, 4.69) is 0 Å². The second-order valence-corrected chi connectivity index (χ2v) is 4.25. The first kappa shape index (κ1) is 9.00. The van der Waals surface area contributed by atoms with E-state index in [1.54, 1.807) is 0 Å². The molecule has 1 unspecified atom stereocenters. The predicted octanol–water partition coefficient (Wildman–Crippen LogP) is 0.923. The van der Waals surface area contributed by atoms with Gasteiger partial charge in [-0.2, -0.15) is 0 Å². The zero-order chi connectivity index (χ0) is 9.42. The van der Waals surface area contributed by atoms with Crippen molar-refractivity contribution >= 4 is 5.97 Å². The van der Waals surface area contributed by atoms with E-state index in [1.165, 1.54) is 0 Å². The summed E-state index contributed by atoms with van der Waals surface area (Å²) in [6.07, 6.45) is 3.26. The molecule has 2 rings (SSSR count). The van der Waals surface area contributed by atoms with Gasteiger partial charge in [0.25, 0.3) is 0 Å². The van der Waals surface area contributed by atoms with E-state index >= 15 is 0 Å². The van der Waals surface area contributed by atoms with Gasteiger partial charge in [0.15, 0.2) is 0 Å². The number of nitrogens with two attached hydrogens (primary N) is 1. The molecule has 0 spiro atoms. The van der Waals surface area contributed by atoms with Crippen LogP contribution in [0.15, 0.2) is 0 Å². The van der Waals surface area contributed by atoms with Crippen LogP contribution < -0.4 is 5.73 Å². The molecule has 0 aromatic heterocycles. The Bertz CT molecular complexity index is 211. The molecular weight excluding hydrogens is 166 g/mol. The van der Waals surface area contributed by atoms with Crippen LogP contribution in [-0.2, 0) is 9.53 Å². The van der Waals surface area contributed by atoms with Gasteiger partial charge in [-0.3, -0.25) is 4.79 Å². The highest BCUT2D eigenvalue weighted by molar-refractivity contribution is 5.75. The topological polar surface area (TPSA) is 52.3 Å². The molecule has 2 N–H and O–H groups in total. The highest BCUT2D eigenvalue weighted by atomic mass is 16.5. The second-order valence-electron chi connectivity index (χ2n) is 4.25. The molecule has 0 saturated heterocycles. The lowest BCUT2D eigenvalue weighted by Gasteiger charge is -2.32. The maximum Gasteiger partial charge on any atom is 0.309 e. The Hall–Kier alpha value is -0.570. The van der Waals surface area contributed by atoms with Crippen molar-refractivity contribution < 1.29 is 9.53 Å². The van der Waals surface area contributed by atoms with Gasteiger partial charge >= 0.3 is 5.97 Å². The molecule has 3 heteroatoms. The fourth-order valence-corrected chi connectivity index (χ4v) is 2.31. The molecule has 2 aliphatic rings. The number of hydrogen-bond donors (Lipinski definition) is 1. The van der Waals surface area contributed by atoms with Gasteiger partial charge in [0.05, 0.1) is 12.5 Å². The van der Waals surface area contributed by atoms with Crippen molar-refractivity contribution in [2.75, 3.05) is 6.61 Å². The van der Waals surface area contributed by atoms with Crippen molar-refractivity contribution in [1.29, 1.82) is 0 Å². The zero-order valence-corrected chi connectivity index (χ0v) is 8.03. The van der Waals surface area contributed by atoms with Gasteiger partial charge in [-0.1, -0.05) is 0 Å². The maximum absolute atomic E-state index is 11.3. The third-order valence-electron chi connectivity index (χ3n) is 3.25. The molecule has 2 atom stereocenters. The minimum atomic E-state index is 0.00738. The molecule has 0 aliphatic heterocycles. The summed E-state index contributed by atoms with van der Waals surface area (Å²) in [6, 6.07) is 0.397. The minimum Gasteiger partial charge on any atom is -0.466 e. The number of carbonyl (C=O) groups is 1. The molecule has 13 heavy (non-hydrogen) atoms. The normalized spacial score (nSPS) is 42.3. The van der Waals surface area contributed by atoms with Crippen LogP contribution in [0.2, 0.25) is 0 Å². The number of rotatable bonds is 3. The summed E-state index contributed by atoms with van der Waals surface area (Å²) < 4.78 is 4.97. The van der Waals surface area contributed by atoms with Crippen molar-refractivity contribution in [1.82, 2.24) is 0 Å². The van der Waals surface area contributed by atoms with E-state index in [4.69, 9.17) is 10.5 Å². The van der Waals surface area contributed by atoms with E-state index in [0.717, 1.165) is 19.3 Å². The van der Waals surface area contributed by atoms with Crippen LogP contribution >= 0.6 is 0 Å². The predicted molar refractivity (Wildman–Crippen MR) is 48.9 cm³/mol. The van der Waals surface area contributed by atoms with Gasteiger partial charge in [0, 0.05) is 6.04 Å². The third kappa shape index (κ3) is 1.70. The lowest BCUT2D eigenvalue weighted by atomic mass is 9.77. The van der Waals surface area contributed by atoms with E-state index < -0.39 is 0 Å². The van der Waals surface area contributed by atoms with Crippen LogP contribution in [0, 0.1) is 17.8 Å². The molecule has 0 radical (unpaired) electrons. The van der Waals surface area contributed by atoms with Crippen LogP contribution in [-0.4, -0.2) is 18.6 Å². The van der Waals surface area contributed by atoms with Gasteiger partial charge in [-0.05, 0) is 38.0 Å². The number of carbonyl (C=O) groups excluding carboxylic acids is 1. The second kappa shape index (κ2) is 3.29. The molecule has 2 saturated carbocycles. The van der Waals surface area contributed by atoms with Crippen LogP contribution in [0.25, 0.3) is 0 Å². The molecule has 0 heterocycles. The Labute approximate surface area is 78.6 Å². The molecule has 74 valence electrons. The summed E-state index contributed by atoms with van der Waals surface area (Å²) in [7, 11) is 0. The smallest absolute Gasteiger partial charge is 0.309 e. The summed E-state index contributed by atoms with van der Waals surface area (Å²) in [5.41, 5.74) is 5.70. The molecule has 0 aromatic rings. The summed E-state index contributed by atoms with van der Waals surface area (Å²) >= 11 is 0. The van der Waals surface area contributed by atoms with Crippen molar-refractivity contribution in [3.8, 4) is 0 Å². The Balaban J connectivity index is 1.73. The highest BCUT2D eigenvalue weighted by Gasteiger charge is 2.51. The summed E-state index contributed by atoms with van der Waals surface area (Å²) in [5.74, 6) is 1.52. The molecule has 2 fully saturated rings. The van der Waals surface area contributed by atoms with Crippen molar-refractivity contribution in [2.45, 2.75) is 32.2 Å². The van der Waals surface area contributed by atoms with Crippen LogP contribution in [0.5, 0.6) is 0 Å². The molecule has 0 bridgehead atoms. The van der Waals surface area contributed by atoms with E-state index in [9.17, 15) is 4.79 Å². The Kier molecular flexibility index (Phi) is 2.28. The summed E-state index contributed by atoms with van der Waals surface area (Å²) in [6.45, 7) is 2.36. The van der Waals surface area contributed by atoms with Gasteiger partial charge in [0.2, 0.25) is 0 Å². The van der Waals surface area contributed by atoms with Gasteiger partial charge in [0.1, 0.15) is 0 Å². The molecule has 0 amide bonds. The number of esters is 1. The monoisotopic (exact) mass is 183 g/mol. The fraction of sp³-hybridized carbons (Fsp3) is 0.900. The molecule has 0 aromatic carbocycles. The quantitative estimate of drug-likeness (QED) is 0.662. The molecule has 2 aliphatic carbocycles. The van der Waals surface area contributed by atoms with E-state index in [-0.39, 0.29) is 11.9 Å². The summed E-state index contributed by atoms with van der Waals surface area (Å²) in [4.78, 5) is 11.3. The van der Waals surface area contributed by atoms with E-state index in [1.807, 2.05) is 6.92 Å². The van der Waals surface area contributed by atoms with Crippen molar-refractivity contribution in [3.63, 3.8) is 0 Å². The van der Waals surface area contributed by atoms with E-state index in [0.29, 0.717) is 24.5 Å². The van der Waals surface area contributed by atoms with Crippen molar-refractivity contribution in [3.05, 3.63) is 0 Å². The Morgan fingerprint density at radius 1 is 1.46 bits per heavy atom. The van der Waals surface area contributed by atoms with Gasteiger partial charge in [-0.25, -0.2) is 0 Å². The lowest BCUT2D eigenvalue weighted by molar-refractivity contribution is -0.145. The Morgan fingerprint density at radius 2 is 2.15 bits per heavy atom. The first-order valence-corrected chi connectivity index (χ1v) is 5.14. The third-order valence-corrected chi connectivity index (χ3v) is 3.25. The largest absolute Gasteiger partial charge is 0.466 e. The van der Waals surface area contributed by atoms with Gasteiger partial charge in [-0.15, -0.1) is 0 Å². The average Bonchev–Trinajstić information content (AvgIpc) is 2.78. The van der Waals surface area contributed by atoms with Crippen molar-refractivity contribution in [2.24, 2.45) is 23.5 Å². The SMILES string of the molecule is CCOC(=O)[C@@H]1CC1C1CC(N)C1. The highest BCUT2D eigenvalue weighted by Crippen LogP contribution is 2.51.